The third-order valence-corrected chi connectivity index (χ3v) is 2.16. The van der Waals surface area contributed by atoms with Gasteiger partial charge in [-0.25, -0.2) is 0 Å². The van der Waals surface area contributed by atoms with Crippen LogP contribution < -0.4 is 5.46 Å². The molecule has 68 valence electrons. The van der Waals surface area contributed by atoms with Gasteiger partial charge < -0.3 is 14.4 Å². The van der Waals surface area contributed by atoms with Crippen molar-refractivity contribution in [3.8, 4) is 5.75 Å². The van der Waals surface area contributed by atoms with Gasteiger partial charge in [0, 0.05) is 5.46 Å². The molecular weight excluding hydrogens is 167 g/mol. The van der Waals surface area contributed by atoms with E-state index in [-0.39, 0.29) is 12.9 Å². The molecule has 0 atom stereocenters. The van der Waals surface area contributed by atoms with Crippen LogP contribution in [0.25, 0.3) is 0 Å². The van der Waals surface area contributed by atoms with Crippen LogP contribution in [0.3, 0.4) is 0 Å². The number of phenolic OH excluding ortho intramolecular Hbond substituents is 1. The van der Waals surface area contributed by atoms with Crippen molar-refractivity contribution >= 4 is 12.6 Å². The van der Waals surface area contributed by atoms with Gasteiger partial charge >= 0.3 is 7.12 Å². The molecule has 13 heavy (non-hydrogen) atoms. The van der Waals surface area contributed by atoms with Crippen molar-refractivity contribution in [2.24, 2.45) is 0 Å². The maximum absolute atomic E-state index is 9.59. The van der Waals surface area contributed by atoms with Gasteiger partial charge in [-0.15, -0.1) is 0 Å². The average molecular weight is 178 g/mol. The van der Waals surface area contributed by atoms with Crippen molar-refractivity contribution in [1.29, 1.82) is 0 Å². The molecule has 3 nitrogen and oxygen atoms in total. The average Bonchev–Trinajstić information content (AvgIpc) is 2.57. The summed E-state index contributed by atoms with van der Waals surface area (Å²) in [4.78, 5) is 0. The summed E-state index contributed by atoms with van der Waals surface area (Å²) >= 11 is 0. The third-order valence-electron chi connectivity index (χ3n) is 2.16. The van der Waals surface area contributed by atoms with E-state index in [4.69, 9.17) is 9.31 Å². The van der Waals surface area contributed by atoms with Gasteiger partial charge in [0.15, 0.2) is 0 Å². The van der Waals surface area contributed by atoms with Crippen molar-refractivity contribution in [3.05, 3.63) is 23.8 Å². The number of aromatic hydroxyl groups is 1. The molecule has 1 heterocycles. The Labute approximate surface area is 77.4 Å². The van der Waals surface area contributed by atoms with Crippen molar-refractivity contribution in [2.75, 3.05) is 13.2 Å². The van der Waals surface area contributed by atoms with Gasteiger partial charge in [-0.1, -0.05) is 12.1 Å². The van der Waals surface area contributed by atoms with E-state index in [0.29, 0.717) is 13.2 Å². The molecule has 0 spiro atoms. The molecule has 1 aliphatic heterocycles. The maximum atomic E-state index is 9.59. The molecule has 0 unspecified atom stereocenters. The third kappa shape index (κ3) is 1.55. The largest absolute Gasteiger partial charge is 0.508 e. The van der Waals surface area contributed by atoms with Gasteiger partial charge in [0.25, 0.3) is 0 Å². The normalized spacial score (nSPS) is 16.5. The van der Waals surface area contributed by atoms with Gasteiger partial charge in [0.1, 0.15) is 5.75 Å². The Morgan fingerprint density at radius 2 is 2.00 bits per heavy atom. The summed E-state index contributed by atoms with van der Waals surface area (Å²) in [5.74, 6) is 0.243. The summed E-state index contributed by atoms with van der Waals surface area (Å²) in [6, 6.07) is 5.39. The smallest absolute Gasteiger partial charge is 0.498 e. The van der Waals surface area contributed by atoms with E-state index in [9.17, 15) is 5.11 Å². The first-order chi connectivity index (χ1) is 6.29. The topological polar surface area (TPSA) is 38.7 Å². The highest BCUT2D eigenvalue weighted by Crippen LogP contribution is 2.12. The minimum absolute atomic E-state index is 0.243. The van der Waals surface area contributed by atoms with Crippen LogP contribution in [0.4, 0.5) is 0 Å². The van der Waals surface area contributed by atoms with Crippen LogP contribution in [0.1, 0.15) is 5.56 Å². The first kappa shape index (κ1) is 8.60. The fourth-order valence-electron chi connectivity index (χ4n) is 1.50. The Balaban J connectivity index is 2.37. The molecule has 1 aromatic rings. The number of phenols is 1. The zero-order valence-corrected chi connectivity index (χ0v) is 7.49. The SMILES string of the molecule is Cc1cccc(O)c1B1OCCO1. The summed E-state index contributed by atoms with van der Waals surface area (Å²) in [6.07, 6.45) is 0. The molecule has 0 amide bonds. The summed E-state index contributed by atoms with van der Waals surface area (Å²) in [5, 5.41) is 9.59. The lowest BCUT2D eigenvalue weighted by atomic mass is 9.76. The summed E-state index contributed by atoms with van der Waals surface area (Å²) in [5.41, 5.74) is 1.74. The summed E-state index contributed by atoms with van der Waals surface area (Å²) in [7, 11) is -0.388. The van der Waals surface area contributed by atoms with E-state index in [1.54, 1.807) is 6.07 Å². The zero-order valence-electron chi connectivity index (χ0n) is 7.49. The second-order valence-electron chi connectivity index (χ2n) is 3.08. The lowest BCUT2D eigenvalue weighted by molar-refractivity contribution is 0.365. The van der Waals surface area contributed by atoms with Gasteiger partial charge in [0.2, 0.25) is 0 Å². The van der Waals surface area contributed by atoms with Crippen molar-refractivity contribution in [2.45, 2.75) is 6.92 Å². The predicted molar refractivity (Wildman–Crippen MR) is 50.1 cm³/mol. The fraction of sp³-hybridized carbons (Fsp3) is 0.333. The quantitative estimate of drug-likeness (QED) is 0.634. The maximum Gasteiger partial charge on any atom is 0.498 e. The Hall–Kier alpha value is -0.995. The van der Waals surface area contributed by atoms with Crippen LogP contribution in [0.15, 0.2) is 18.2 Å². The second kappa shape index (κ2) is 3.40. The molecule has 0 radical (unpaired) electrons. The molecule has 0 aliphatic carbocycles. The molecular formula is C9H11BO3. The summed E-state index contributed by atoms with van der Waals surface area (Å²) < 4.78 is 10.6. The molecule has 0 aromatic heterocycles. The second-order valence-corrected chi connectivity index (χ2v) is 3.08. The van der Waals surface area contributed by atoms with Gasteiger partial charge in [-0.3, -0.25) is 0 Å². The molecule has 1 N–H and O–H groups in total. The Morgan fingerprint density at radius 1 is 1.31 bits per heavy atom. The molecule has 1 saturated heterocycles. The van der Waals surface area contributed by atoms with E-state index < -0.39 is 0 Å². The summed E-state index contributed by atoms with van der Waals surface area (Å²) in [6.45, 7) is 3.12. The molecule has 0 bridgehead atoms. The van der Waals surface area contributed by atoms with E-state index in [1.165, 1.54) is 0 Å². The minimum Gasteiger partial charge on any atom is -0.508 e. The van der Waals surface area contributed by atoms with E-state index in [1.807, 2.05) is 19.1 Å². The van der Waals surface area contributed by atoms with E-state index in [0.717, 1.165) is 11.0 Å². The standard InChI is InChI=1S/C9H11BO3/c1-7-3-2-4-8(11)9(7)10-12-5-6-13-10/h2-4,11H,5-6H2,1H3. The Kier molecular flexibility index (Phi) is 2.25. The van der Waals surface area contributed by atoms with Gasteiger partial charge in [0.05, 0.1) is 13.2 Å². The Morgan fingerprint density at radius 3 is 2.62 bits per heavy atom. The highest BCUT2D eigenvalue weighted by Gasteiger charge is 2.30. The van der Waals surface area contributed by atoms with Crippen LogP contribution in [0.5, 0.6) is 5.75 Å². The molecule has 1 aromatic carbocycles. The monoisotopic (exact) mass is 178 g/mol. The number of aryl methyl sites for hydroxylation is 1. The minimum atomic E-state index is -0.388. The van der Waals surface area contributed by atoms with Crippen molar-refractivity contribution in [1.82, 2.24) is 0 Å². The highest BCUT2D eigenvalue weighted by atomic mass is 16.6. The number of hydrogen-bond acceptors (Lipinski definition) is 3. The number of benzene rings is 1. The molecule has 1 fully saturated rings. The van der Waals surface area contributed by atoms with Crippen molar-refractivity contribution in [3.63, 3.8) is 0 Å². The highest BCUT2D eigenvalue weighted by molar-refractivity contribution is 6.63. The fourth-order valence-corrected chi connectivity index (χ4v) is 1.50. The van der Waals surface area contributed by atoms with E-state index >= 15 is 0 Å². The van der Waals surface area contributed by atoms with Crippen LogP contribution in [-0.2, 0) is 9.31 Å². The molecule has 2 rings (SSSR count). The number of rotatable bonds is 1. The number of hydrogen-bond donors (Lipinski definition) is 1. The predicted octanol–water partition coefficient (Wildman–Crippen LogP) is 0.443. The van der Waals surface area contributed by atoms with Crippen molar-refractivity contribution < 1.29 is 14.4 Å². The van der Waals surface area contributed by atoms with Gasteiger partial charge in [-0.2, -0.15) is 0 Å². The van der Waals surface area contributed by atoms with E-state index in [2.05, 4.69) is 0 Å². The zero-order chi connectivity index (χ0) is 9.26. The van der Waals surface area contributed by atoms with Crippen LogP contribution >= 0.6 is 0 Å². The Bertz CT molecular complexity index is 287. The first-order valence-electron chi connectivity index (χ1n) is 4.31. The molecule has 0 saturated carbocycles. The lowest BCUT2D eigenvalue weighted by Crippen LogP contribution is -2.33. The lowest BCUT2D eigenvalue weighted by Gasteiger charge is -2.09. The van der Waals surface area contributed by atoms with Gasteiger partial charge in [-0.05, 0) is 18.6 Å². The van der Waals surface area contributed by atoms with Crippen LogP contribution in [0.2, 0.25) is 0 Å². The van der Waals surface area contributed by atoms with Crippen LogP contribution in [0, 0.1) is 6.92 Å². The van der Waals surface area contributed by atoms with Crippen LogP contribution in [-0.4, -0.2) is 25.4 Å². The molecule has 4 heteroatoms. The molecule has 1 aliphatic rings. The first-order valence-corrected chi connectivity index (χ1v) is 4.31.